The summed E-state index contributed by atoms with van der Waals surface area (Å²) >= 11 is 0. The van der Waals surface area contributed by atoms with Crippen LogP contribution in [0.3, 0.4) is 0 Å². The predicted octanol–water partition coefficient (Wildman–Crippen LogP) is 0.854. The van der Waals surface area contributed by atoms with E-state index in [2.05, 4.69) is 52.5 Å². The van der Waals surface area contributed by atoms with Crippen molar-refractivity contribution in [1.82, 2.24) is 0 Å². The van der Waals surface area contributed by atoms with E-state index in [0.717, 1.165) is 53.5 Å². The van der Waals surface area contributed by atoms with Gasteiger partial charge in [-0.05, 0) is 64.7 Å². The van der Waals surface area contributed by atoms with Crippen molar-refractivity contribution in [3.8, 4) is 46.0 Å². The topological polar surface area (TPSA) is 77.4 Å². The van der Waals surface area contributed by atoms with Gasteiger partial charge < -0.3 is 86.1 Å². The van der Waals surface area contributed by atoms with Crippen LogP contribution in [0.15, 0.2) is 60.7 Å². The van der Waals surface area contributed by atoms with Gasteiger partial charge in [-0.15, -0.1) is 0 Å². The molecule has 10 heteroatoms. The largest absolute Gasteiger partial charge is 1.00 e. The average molecular weight is 879 g/mol. The van der Waals surface area contributed by atoms with Crippen molar-refractivity contribution < 1.29 is 86.1 Å². The molecule has 8 nitrogen and oxygen atoms in total. The van der Waals surface area contributed by atoms with Crippen LogP contribution in [0.2, 0.25) is 0 Å². The van der Waals surface area contributed by atoms with Gasteiger partial charge >= 0.3 is 0 Å². The number of phenolic OH excluding ortho intramolecular Hbond substituents is 2. The van der Waals surface area contributed by atoms with Crippen molar-refractivity contribution in [2.45, 2.75) is 37.8 Å². The molecule has 4 heterocycles. The van der Waals surface area contributed by atoms with Crippen LogP contribution in [0.5, 0.6) is 46.0 Å². The van der Waals surface area contributed by atoms with Crippen LogP contribution in [0.4, 0.5) is 0 Å². The first-order valence-electron chi connectivity index (χ1n) is 16.0. The molecule has 8 rings (SSSR count). The third-order valence-corrected chi connectivity index (χ3v) is 10.5. The van der Waals surface area contributed by atoms with E-state index in [9.17, 15) is 10.2 Å². The summed E-state index contributed by atoms with van der Waals surface area (Å²) in [5.41, 5.74) is 6.74. The number of halogens is 2. The fourth-order valence-electron chi connectivity index (χ4n) is 7.61. The zero-order chi connectivity index (χ0) is 32.4. The molecule has 0 aromatic heterocycles. The van der Waals surface area contributed by atoms with E-state index in [1.54, 1.807) is 20.3 Å². The lowest BCUT2D eigenvalue weighted by molar-refractivity contribution is -0.923. The monoisotopic (exact) mass is 878 g/mol. The minimum atomic E-state index is -0.0508. The summed E-state index contributed by atoms with van der Waals surface area (Å²) in [5.74, 6) is 3.18. The number of nitrogens with zero attached hydrogens (tertiary/aromatic N) is 2. The first-order chi connectivity index (χ1) is 22.0. The maximum atomic E-state index is 11.5. The molecule has 4 aromatic rings. The minimum absolute atomic E-state index is 0. The number of hydrogen-bond acceptors (Lipinski definition) is 6. The molecule has 0 spiro atoms. The number of likely N-dealkylation sites (N-methyl/N-ethyl adjacent to an activating group) is 2. The molecule has 4 aliphatic rings. The van der Waals surface area contributed by atoms with Crippen LogP contribution < -0.4 is 66.9 Å². The highest BCUT2D eigenvalue weighted by molar-refractivity contribution is 5.61. The number of hydrogen-bond donors (Lipinski definition) is 2. The summed E-state index contributed by atoms with van der Waals surface area (Å²) < 4.78 is 26.1. The fourth-order valence-corrected chi connectivity index (χ4v) is 7.61. The molecule has 4 aliphatic heterocycles. The second-order valence-corrected chi connectivity index (χ2v) is 14.1. The summed E-state index contributed by atoms with van der Waals surface area (Å²) in [6, 6.07) is 20.1. The summed E-state index contributed by atoms with van der Waals surface area (Å²) in [4.78, 5) is 0. The van der Waals surface area contributed by atoms with Gasteiger partial charge in [-0.3, -0.25) is 0 Å². The fraction of sp³-hybridized carbons (Fsp3) is 0.368. The zero-order valence-electron chi connectivity index (χ0n) is 28.3. The number of methoxy groups -OCH3 is 2. The molecule has 2 N–H and O–H groups in total. The molecule has 0 saturated heterocycles. The Bertz CT molecular complexity index is 1830. The summed E-state index contributed by atoms with van der Waals surface area (Å²) in [6.07, 6.45) is 3.21. The lowest BCUT2D eigenvalue weighted by atomic mass is 9.85. The van der Waals surface area contributed by atoms with E-state index in [1.807, 2.05) is 30.3 Å². The van der Waals surface area contributed by atoms with Crippen LogP contribution in [0.1, 0.15) is 45.5 Å². The summed E-state index contributed by atoms with van der Waals surface area (Å²) in [6.45, 7) is 1.91. The van der Waals surface area contributed by atoms with E-state index in [-0.39, 0.29) is 71.5 Å². The number of aromatic hydroxyl groups is 2. The van der Waals surface area contributed by atoms with Gasteiger partial charge in [0, 0.05) is 31.2 Å². The quantitative estimate of drug-likeness (QED) is 0.230. The Kier molecular flexibility index (Phi) is 10.4. The van der Waals surface area contributed by atoms with Gasteiger partial charge in [0.05, 0.1) is 61.1 Å². The Morgan fingerprint density at radius 2 is 1.27 bits per heavy atom. The predicted molar refractivity (Wildman–Crippen MR) is 177 cm³/mol. The van der Waals surface area contributed by atoms with Crippen molar-refractivity contribution >= 4 is 0 Å². The molecule has 2 atom stereocenters. The second-order valence-electron chi connectivity index (χ2n) is 14.1. The Morgan fingerprint density at radius 1 is 0.667 bits per heavy atom. The average Bonchev–Trinajstić information content (AvgIpc) is 3.03. The van der Waals surface area contributed by atoms with Crippen LogP contribution in [0.25, 0.3) is 0 Å². The SMILES string of the molecule is COc1cc2c3cc1Oc1cc(ccc1O)C[C@@H]1c4c(cc(OC)c(O)c4Oc4ccc(cc4)C[C@@H]3[N+](C)(C)CC2)CC[N+]1(C)C.[I-].[I-]. The smallest absolute Gasteiger partial charge is 0.201 e. The Hall–Kier alpha value is -2.94. The highest BCUT2D eigenvalue weighted by Crippen LogP contribution is 2.51. The normalized spacial score (nSPS) is 19.9. The van der Waals surface area contributed by atoms with Gasteiger partial charge in [0.15, 0.2) is 34.5 Å². The van der Waals surface area contributed by atoms with Crippen molar-refractivity contribution in [3.05, 3.63) is 94.0 Å². The molecule has 0 aliphatic carbocycles. The first-order valence-corrected chi connectivity index (χ1v) is 16.0. The van der Waals surface area contributed by atoms with E-state index in [1.165, 1.54) is 16.7 Å². The van der Waals surface area contributed by atoms with Crippen molar-refractivity contribution in [2.24, 2.45) is 0 Å². The lowest BCUT2D eigenvalue weighted by Crippen LogP contribution is -3.00. The Labute approximate surface area is 317 Å². The van der Waals surface area contributed by atoms with E-state index >= 15 is 0 Å². The van der Waals surface area contributed by atoms with Crippen LogP contribution in [-0.4, -0.2) is 74.7 Å². The minimum Gasteiger partial charge on any atom is -1.00 e. The number of ether oxygens (including phenoxy) is 4. The molecule has 0 unspecified atom stereocenters. The van der Waals surface area contributed by atoms with E-state index in [4.69, 9.17) is 18.9 Å². The van der Waals surface area contributed by atoms with Crippen molar-refractivity contribution in [2.75, 3.05) is 55.5 Å². The molecule has 0 radical (unpaired) electrons. The van der Waals surface area contributed by atoms with Crippen LogP contribution >= 0.6 is 0 Å². The van der Waals surface area contributed by atoms with Gasteiger partial charge in [-0.2, -0.15) is 0 Å². The molecule has 0 saturated carbocycles. The highest BCUT2D eigenvalue weighted by Gasteiger charge is 2.41. The van der Waals surface area contributed by atoms with Gasteiger partial charge in [0.25, 0.3) is 0 Å². The number of quaternary nitrogens is 2. The van der Waals surface area contributed by atoms with Gasteiger partial charge in [0.1, 0.15) is 17.8 Å². The Balaban J connectivity index is 0.00000225. The summed E-state index contributed by atoms with van der Waals surface area (Å²) in [5, 5.41) is 22.5. The molecule has 6 bridgehead atoms. The molecule has 0 fully saturated rings. The molecule has 256 valence electrons. The highest BCUT2D eigenvalue weighted by atomic mass is 127. The van der Waals surface area contributed by atoms with Gasteiger partial charge in [-0.1, -0.05) is 18.2 Å². The lowest BCUT2D eigenvalue weighted by Gasteiger charge is -2.43. The molecule has 0 amide bonds. The maximum Gasteiger partial charge on any atom is 0.201 e. The molecule has 48 heavy (non-hydrogen) atoms. The number of rotatable bonds is 2. The van der Waals surface area contributed by atoms with Crippen LogP contribution in [-0.2, 0) is 25.7 Å². The maximum absolute atomic E-state index is 11.5. The number of benzene rings is 4. The van der Waals surface area contributed by atoms with E-state index < -0.39 is 0 Å². The zero-order valence-corrected chi connectivity index (χ0v) is 32.7. The van der Waals surface area contributed by atoms with Crippen LogP contribution in [0, 0.1) is 0 Å². The first kappa shape index (κ1) is 36.3. The second kappa shape index (κ2) is 13.8. The molecular weight excluding hydrogens is 834 g/mol. The molecular formula is C38H44I2N2O6. The summed E-state index contributed by atoms with van der Waals surface area (Å²) in [7, 11) is 12.2. The Morgan fingerprint density at radius 3 is 1.96 bits per heavy atom. The van der Waals surface area contributed by atoms with Crippen molar-refractivity contribution in [3.63, 3.8) is 0 Å². The van der Waals surface area contributed by atoms with Gasteiger partial charge in [0.2, 0.25) is 5.75 Å². The van der Waals surface area contributed by atoms with Crippen molar-refractivity contribution in [1.29, 1.82) is 0 Å². The molecule has 4 aromatic carbocycles. The number of phenols is 2. The third-order valence-electron chi connectivity index (χ3n) is 10.5. The van der Waals surface area contributed by atoms with Gasteiger partial charge in [-0.25, -0.2) is 0 Å². The number of fused-ring (bicyclic) bond motifs is 2. The van der Waals surface area contributed by atoms with E-state index in [0.29, 0.717) is 45.4 Å². The third kappa shape index (κ3) is 6.52. The standard InChI is InChI=1S/C38H42N2O6.2HI/c1-39(2)15-13-25-20-33(43-5)34-22-28(25)29(39)17-23-7-10-27(11-8-23)45-38-36-26(21-35(44-6)37(38)42)14-16-40(3,4)30(36)18-24-9-12-31(41)32(19-24)46-34;;/h7-12,19-22,29-30H,13-18H2,1-6H3;2*1H/t29-,30+;;/m0../s1.